The van der Waals surface area contributed by atoms with Crippen molar-refractivity contribution < 1.29 is 45.5 Å². The predicted molar refractivity (Wildman–Crippen MR) is 162 cm³/mol. The number of anilines is 4. The van der Waals surface area contributed by atoms with Gasteiger partial charge < -0.3 is 25.6 Å². The number of nitrogens with zero attached hydrogens (tertiary/aromatic N) is 6. The van der Waals surface area contributed by atoms with E-state index in [1.54, 1.807) is 0 Å². The maximum atomic E-state index is 16.4. The van der Waals surface area contributed by atoms with Gasteiger partial charge >= 0.3 is 19.4 Å². The Kier molecular flexibility index (Phi) is 7.81. The number of halogens is 3. The summed E-state index contributed by atoms with van der Waals surface area (Å²) in [6.45, 7) is -10.9. The van der Waals surface area contributed by atoms with Gasteiger partial charge in [0.1, 0.15) is 18.1 Å². The van der Waals surface area contributed by atoms with Gasteiger partial charge in [0.05, 0.1) is 24.8 Å². The quantitative estimate of drug-likeness (QED) is 0.140. The normalized spacial score (nSPS) is 37.6. The van der Waals surface area contributed by atoms with Crippen LogP contribution in [0.2, 0.25) is 0 Å². The van der Waals surface area contributed by atoms with Crippen molar-refractivity contribution in [3.8, 4) is 0 Å². The molecule has 3 aromatic rings. The van der Waals surface area contributed by atoms with Crippen LogP contribution < -0.4 is 33.0 Å². The number of nitrogen functional groups attached to an aromatic ring is 2. The first kappa shape index (κ1) is 32.3. The minimum atomic E-state index is -4.67. The van der Waals surface area contributed by atoms with Gasteiger partial charge in [-0.3, -0.25) is 33.3 Å². The lowest BCUT2D eigenvalue weighted by Crippen LogP contribution is -2.54. The summed E-state index contributed by atoms with van der Waals surface area (Å²) < 4.78 is 90.4. The second kappa shape index (κ2) is 11.1. The molecule has 2 unspecified atom stereocenters. The number of hydrogen-bond donors (Lipinski definition) is 7. The van der Waals surface area contributed by atoms with E-state index in [1.165, 1.54) is 0 Å². The largest absolute Gasteiger partial charge is 0.386 e. The average molecular weight is 748 g/mol. The smallest absolute Gasteiger partial charge is 0.382 e. The van der Waals surface area contributed by atoms with Crippen molar-refractivity contribution in [2.75, 3.05) is 40.9 Å². The number of imidazole rings is 1. The number of aromatic nitrogens is 6. The Hall–Kier alpha value is -2.28. The summed E-state index contributed by atoms with van der Waals surface area (Å²) in [5, 5.41) is -0.422. The summed E-state index contributed by atoms with van der Waals surface area (Å²) in [7, 11) is 0. The molecule has 4 aliphatic rings. The lowest BCUT2D eigenvalue weighted by molar-refractivity contribution is -0.108. The van der Waals surface area contributed by atoms with Crippen LogP contribution >= 0.6 is 37.5 Å². The van der Waals surface area contributed by atoms with E-state index in [9.17, 15) is 14.3 Å². The molecule has 0 aromatic carbocycles. The van der Waals surface area contributed by atoms with E-state index in [2.05, 4.69) is 48.1 Å². The molecule has 8 N–H and O–H groups in total. The number of fused-ring (bicyclic) bond motifs is 5. The fourth-order valence-corrected chi connectivity index (χ4v) is 9.95. The molecular weight excluding hydrogens is 725 g/mol. The number of hydrogen-bond acceptors (Lipinski definition) is 18. The molecule has 8 atom stereocenters. The molecular formula is C19H22F3N11O8P2S3. The maximum absolute atomic E-state index is 16.4. The van der Waals surface area contributed by atoms with Crippen molar-refractivity contribution in [2.24, 2.45) is 0 Å². The summed E-state index contributed by atoms with van der Waals surface area (Å²) >= 11 is 9.97. The molecule has 0 amide bonds. The van der Waals surface area contributed by atoms with Crippen molar-refractivity contribution in [2.45, 2.75) is 41.5 Å². The molecule has 7 heterocycles. The first-order valence-electron chi connectivity index (χ1n) is 12.9. The predicted octanol–water partition coefficient (Wildman–Crippen LogP) is 0.595. The zero-order valence-corrected chi connectivity index (χ0v) is 26.9. The van der Waals surface area contributed by atoms with Crippen LogP contribution in [0.1, 0.15) is 0 Å². The molecule has 7 rings (SSSR count). The van der Waals surface area contributed by atoms with Crippen molar-refractivity contribution >= 4 is 83.8 Å². The minimum absolute atomic E-state index is 0.0596. The minimum Gasteiger partial charge on any atom is -0.382 e. The first-order valence-corrected chi connectivity index (χ1v) is 19.2. The van der Waals surface area contributed by atoms with Gasteiger partial charge in [0.25, 0.3) is 5.56 Å². The molecule has 0 spiro atoms. The second-order valence-corrected chi connectivity index (χ2v) is 17.1. The average Bonchev–Trinajstić information content (AvgIpc) is 3.72. The molecule has 3 saturated heterocycles. The number of thiol groups is 1. The number of H-pyrrole nitrogens is 1. The van der Waals surface area contributed by atoms with Crippen molar-refractivity contribution in [1.82, 2.24) is 35.0 Å². The number of nitrogens with one attached hydrogen (secondary N) is 3. The highest BCUT2D eigenvalue weighted by molar-refractivity contribution is 8.44. The lowest BCUT2D eigenvalue weighted by atomic mass is 10.1. The van der Waals surface area contributed by atoms with E-state index < -0.39 is 73.8 Å². The van der Waals surface area contributed by atoms with Gasteiger partial charge in [0, 0.05) is 5.75 Å². The van der Waals surface area contributed by atoms with Gasteiger partial charge in [-0.1, -0.05) is 12.2 Å². The van der Waals surface area contributed by atoms with Gasteiger partial charge in [-0.15, -0.1) is 17.3 Å². The molecule has 2 bridgehead atoms. The Labute approximate surface area is 269 Å². The SMILES string of the molecule is Nc1nc2c(ncn2[C@@]23CS[C@H](COP(=O)(S)O[C@@H]4[C@@H](COP(O)(=S)O2)O[C@@H](N2NNc5c(N)ncnc52)C4(F)F)[C@@H]3F)c(=O)[nH]1. The van der Waals surface area contributed by atoms with E-state index in [4.69, 9.17) is 46.1 Å². The fraction of sp³-hybridized carbons (Fsp3) is 0.526. The monoisotopic (exact) mass is 747 g/mol. The maximum Gasteiger partial charge on any atom is 0.386 e. The first-order chi connectivity index (χ1) is 21.6. The summed E-state index contributed by atoms with van der Waals surface area (Å²) in [6.07, 6.45) is -6.43. The van der Waals surface area contributed by atoms with E-state index in [0.29, 0.717) is 0 Å². The standard InChI is InChI=1S/C19H22F3N11O8P2S3/c20-10-7-2-38-42(35,44)40-11-6(39-16(19(11,21)22)33-13-8(30-31-33)12(23)25-4-26-13)1-37-43(36,45)41-18(10,3-46-7)32-5-27-9-14(32)28-17(24)29-15(9)34/h4-7,10-11,16,30-31H,1-3H2,(H,35,44)(H,36,45)(H2,23,25,26)(H3,24,28,29,34)/t6-,7-,10+,11-,16-,18+,42?,43?/m1/s1. The Balaban J connectivity index is 1.25. The Morgan fingerprint density at radius 3 is 2.80 bits per heavy atom. The van der Waals surface area contributed by atoms with Gasteiger partial charge in [0.15, 0.2) is 40.8 Å². The number of hydrazine groups is 2. The van der Waals surface area contributed by atoms with Crippen LogP contribution in [-0.2, 0) is 44.9 Å². The summed E-state index contributed by atoms with van der Waals surface area (Å²) in [5.41, 5.74) is 13.2. The molecule has 0 saturated carbocycles. The summed E-state index contributed by atoms with van der Waals surface area (Å²) in [5.74, 6) is -4.79. The number of aromatic amines is 1. The summed E-state index contributed by atoms with van der Waals surface area (Å²) in [4.78, 5) is 41.7. The second-order valence-electron chi connectivity index (χ2n) is 10.2. The van der Waals surface area contributed by atoms with Crippen LogP contribution in [0.25, 0.3) is 11.2 Å². The van der Waals surface area contributed by atoms with E-state index >= 15 is 13.2 Å². The molecule has 46 heavy (non-hydrogen) atoms. The topological polar surface area (TPSA) is 252 Å². The van der Waals surface area contributed by atoms with Gasteiger partial charge in [-0.05, 0) is 11.8 Å². The van der Waals surface area contributed by atoms with E-state index in [0.717, 1.165) is 34.0 Å². The number of nitrogens with two attached hydrogens (primary N) is 2. The number of thioether (sulfide) groups is 1. The van der Waals surface area contributed by atoms with Crippen LogP contribution in [0.4, 0.5) is 36.4 Å². The van der Waals surface area contributed by atoms with Crippen molar-refractivity contribution in [1.29, 1.82) is 0 Å². The van der Waals surface area contributed by atoms with Crippen LogP contribution in [0.15, 0.2) is 17.4 Å². The lowest BCUT2D eigenvalue weighted by Gasteiger charge is -2.35. The molecule has 27 heteroatoms. The highest BCUT2D eigenvalue weighted by Crippen LogP contribution is 2.61. The molecule has 3 fully saturated rings. The number of ether oxygens (including phenoxy) is 1. The summed E-state index contributed by atoms with van der Waals surface area (Å²) in [6, 6.07) is 0. The van der Waals surface area contributed by atoms with Crippen LogP contribution in [0, 0.1) is 0 Å². The highest BCUT2D eigenvalue weighted by Gasteiger charge is 2.65. The molecule has 0 aliphatic carbocycles. The zero-order chi connectivity index (χ0) is 32.8. The molecule has 3 aromatic heterocycles. The van der Waals surface area contributed by atoms with Crippen molar-refractivity contribution in [3.05, 3.63) is 23.0 Å². The van der Waals surface area contributed by atoms with Gasteiger partial charge in [-0.25, -0.2) is 28.9 Å². The zero-order valence-electron chi connectivity index (χ0n) is 22.6. The van der Waals surface area contributed by atoms with E-state index in [-0.39, 0.29) is 40.2 Å². The van der Waals surface area contributed by atoms with Gasteiger partial charge in [-0.2, -0.15) is 13.8 Å². The van der Waals surface area contributed by atoms with E-state index in [1.807, 2.05) is 0 Å². The number of alkyl halides is 3. The third-order valence-corrected chi connectivity index (χ3v) is 11.9. The molecule has 19 nitrogen and oxygen atoms in total. The molecule has 0 radical (unpaired) electrons. The fourth-order valence-electron chi connectivity index (χ4n) is 5.32. The van der Waals surface area contributed by atoms with Crippen LogP contribution in [-0.4, -0.2) is 89.1 Å². The number of rotatable bonds is 2. The van der Waals surface area contributed by atoms with Crippen LogP contribution in [0.3, 0.4) is 0 Å². The Morgan fingerprint density at radius 1 is 1.24 bits per heavy atom. The highest BCUT2D eigenvalue weighted by atomic mass is 32.7. The third kappa shape index (κ3) is 5.26. The third-order valence-electron chi connectivity index (χ3n) is 7.39. The molecule has 250 valence electrons. The van der Waals surface area contributed by atoms with Crippen molar-refractivity contribution in [3.63, 3.8) is 0 Å². The Bertz CT molecular complexity index is 1880. The molecule has 4 aliphatic heterocycles. The van der Waals surface area contributed by atoms with Gasteiger partial charge in [0.2, 0.25) is 12.2 Å². The van der Waals surface area contributed by atoms with Crippen LogP contribution in [0.5, 0.6) is 0 Å². The Morgan fingerprint density at radius 2 is 2.02 bits per heavy atom.